The molecule has 2 N–H and O–H groups in total. The number of aliphatic hydroxyl groups excluding tert-OH is 1. The first kappa shape index (κ1) is 22.3. The first-order valence-electron chi connectivity index (χ1n) is 11.9. The number of dihydropyridines is 1. The van der Waals surface area contributed by atoms with Gasteiger partial charge in [0.2, 0.25) is 0 Å². The average molecular weight is 470 g/mol. The molecule has 0 bridgehead atoms. The molecule has 2 fully saturated rings. The van der Waals surface area contributed by atoms with Gasteiger partial charge in [0.05, 0.1) is 29.3 Å². The maximum Gasteiger partial charge on any atom is 0.262 e. The number of nitrogens with one attached hydrogen (secondary N) is 1. The van der Waals surface area contributed by atoms with Crippen LogP contribution in [0, 0.1) is 6.92 Å². The standard InChI is InChI=1S/C24H31N5O3S/c1-16-19-14-20(33-22(19)29(27-16)17-6-3-2-4-7-17)21(31)26-24(10-5-11-25-15-24)23(32)28-12-8-18(30)9-13-28/h5,10-11,14,17-18,30H,2-4,6-9,12-13,15H2,1H3,(H,26,31). The number of allylic oxidation sites excluding steroid dienone is 1. The van der Waals surface area contributed by atoms with Gasteiger partial charge in [0.25, 0.3) is 11.8 Å². The second kappa shape index (κ2) is 9.02. The molecule has 2 amide bonds. The van der Waals surface area contributed by atoms with Crippen LogP contribution in [0.4, 0.5) is 0 Å². The molecule has 9 heteroatoms. The fourth-order valence-electron chi connectivity index (χ4n) is 5.16. The lowest BCUT2D eigenvalue weighted by Gasteiger charge is -2.38. The smallest absolute Gasteiger partial charge is 0.262 e. The van der Waals surface area contributed by atoms with Gasteiger partial charge in [-0.25, -0.2) is 0 Å². The monoisotopic (exact) mass is 469 g/mol. The number of amides is 2. The van der Waals surface area contributed by atoms with Gasteiger partial charge in [-0.05, 0) is 50.8 Å². The molecule has 1 saturated heterocycles. The van der Waals surface area contributed by atoms with Crippen molar-refractivity contribution in [2.24, 2.45) is 4.99 Å². The molecule has 2 aromatic heterocycles. The van der Waals surface area contributed by atoms with Gasteiger partial charge in [0.1, 0.15) is 4.83 Å². The Labute approximate surface area is 197 Å². The summed E-state index contributed by atoms with van der Waals surface area (Å²) in [6.07, 6.45) is 11.8. The molecule has 2 aliphatic heterocycles. The van der Waals surface area contributed by atoms with Crippen molar-refractivity contribution in [2.45, 2.75) is 69.6 Å². The quantitative estimate of drug-likeness (QED) is 0.719. The Kier molecular flexibility index (Phi) is 6.09. The van der Waals surface area contributed by atoms with Crippen molar-refractivity contribution in [3.05, 3.63) is 28.8 Å². The number of carbonyl (C=O) groups is 2. The number of aromatic nitrogens is 2. The van der Waals surface area contributed by atoms with E-state index in [4.69, 9.17) is 5.10 Å². The summed E-state index contributed by atoms with van der Waals surface area (Å²) in [6, 6.07) is 2.30. The largest absolute Gasteiger partial charge is 0.393 e. The summed E-state index contributed by atoms with van der Waals surface area (Å²) in [5, 5.41) is 18.6. The van der Waals surface area contributed by atoms with Crippen molar-refractivity contribution in [1.29, 1.82) is 0 Å². The number of rotatable bonds is 4. The van der Waals surface area contributed by atoms with Crippen LogP contribution in [-0.2, 0) is 4.79 Å². The van der Waals surface area contributed by atoms with E-state index >= 15 is 0 Å². The van der Waals surface area contributed by atoms with Crippen LogP contribution in [0.1, 0.15) is 66.4 Å². The summed E-state index contributed by atoms with van der Waals surface area (Å²) in [7, 11) is 0. The van der Waals surface area contributed by atoms with Crippen LogP contribution < -0.4 is 5.32 Å². The predicted octanol–water partition coefficient (Wildman–Crippen LogP) is 3.00. The molecule has 1 unspecified atom stereocenters. The number of aryl methyl sites for hydroxylation is 1. The van der Waals surface area contributed by atoms with E-state index in [-0.39, 0.29) is 24.5 Å². The van der Waals surface area contributed by atoms with Crippen molar-refractivity contribution in [1.82, 2.24) is 20.0 Å². The second-order valence-electron chi connectivity index (χ2n) is 9.45. The SMILES string of the molecule is Cc1nn(C2CCCCC2)c2sc(C(=O)NC3(C(=O)N4CCC(O)CC4)C=CC=NC3)cc12. The molecule has 1 atom stereocenters. The maximum absolute atomic E-state index is 13.5. The average Bonchev–Trinajstić information content (AvgIpc) is 3.41. The van der Waals surface area contributed by atoms with E-state index in [1.807, 2.05) is 13.0 Å². The number of carbonyl (C=O) groups excluding carboxylic acids is 2. The van der Waals surface area contributed by atoms with Crippen molar-refractivity contribution < 1.29 is 14.7 Å². The van der Waals surface area contributed by atoms with E-state index in [0.717, 1.165) is 28.8 Å². The van der Waals surface area contributed by atoms with Gasteiger partial charge >= 0.3 is 0 Å². The lowest BCUT2D eigenvalue weighted by atomic mass is 9.93. The minimum absolute atomic E-state index is 0.165. The number of aliphatic imine (C=N–C) groups is 1. The van der Waals surface area contributed by atoms with Gasteiger partial charge in [-0.3, -0.25) is 19.3 Å². The van der Waals surface area contributed by atoms with Gasteiger partial charge in [-0.15, -0.1) is 11.3 Å². The van der Waals surface area contributed by atoms with Crippen molar-refractivity contribution in [2.75, 3.05) is 19.6 Å². The number of hydrogen-bond donors (Lipinski definition) is 2. The molecule has 33 heavy (non-hydrogen) atoms. The Balaban J connectivity index is 1.40. The number of fused-ring (bicyclic) bond motifs is 1. The Hall–Kier alpha value is -2.52. The molecule has 3 aliphatic rings. The first-order valence-corrected chi connectivity index (χ1v) is 12.7. The van der Waals surface area contributed by atoms with Crippen LogP contribution in [0.25, 0.3) is 10.2 Å². The Bertz CT molecular complexity index is 1100. The molecule has 0 spiro atoms. The molecule has 1 aliphatic carbocycles. The van der Waals surface area contributed by atoms with E-state index < -0.39 is 5.54 Å². The third kappa shape index (κ3) is 4.24. The number of thiophene rings is 1. The summed E-state index contributed by atoms with van der Waals surface area (Å²) < 4.78 is 2.12. The van der Waals surface area contributed by atoms with Crippen LogP contribution in [0.2, 0.25) is 0 Å². The van der Waals surface area contributed by atoms with E-state index in [0.29, 0.717) is 36.9 Å². The van der Waals surface area contributed by atoms with E-state index in [1.54, 1.807) is 23.3 Å². The van der Waals surface area contributed by atoms with Crippen molar-refractivity contribution in [3.63, 3.8) is 0 Å². The minimum Gasteiger partial charge on any atom is -0.393 e. The molecule has 4 heterocycles. The normalized spacial score (nSPS) is 24.5. The van der Waals surface area contributed by atoms with Crippen molar-refractivity contribution in [3.8, 4) is 0 Å². The lowest BCUT2D eigenvalue weighted by Crippen LogP contribution is -2.62. The minimum atomic E-state index is -1.20. The van der Waals surface area contributed by atoms with Crippen LogP contribution in [0.5, 0.6) is 0 Å². The highest BCUT2D eigenvalue weighted by atomic mass is 32.1. The van der Waals surface area contributed by atoms with Crippen LogP contribution in [0.3, 0.4) is 0 Å². The second-order valence-corrected chi connectivity index (χ2v) is 10.5. The zero-order valence-electron chi connectivity index (χ0n) is 19.0. The van der Waals surface area contributed by atoms with Gasteiger partial charge in [0, 0.05) is 24.7 Å². The predicted molar refractivity (Wildman–Crippen MR) is 129 cm³/mol. The number of aliphatic hydroxyl groups is 1. The summed E-state index contributed by atoms with van der Waals surface area (Å²) in [5.74, 6) is -0.431. The molecular weight excluding hydrogens is 438 g/mol. The van der Waals surface area contributed by atoms with Gasteiger partial charge in [-0.2, -0.15) is 5.10 Å². The fourth-order valence-corrected chi connectivity index (χ4v) is 6.29. The highest BCUT2D eigenvalue weighted by molar-refractivity contribution is 7.20. The van der Waals surface area contributed by atoms with Gasteiger partial charge < -0.3 is 15.3 Å². The third-order valence-corrected chi connectivity index (χ3v) is 8.22. The van der Waals surface area contributed by atoms with E-state index in [9.17, 15) is 14.7 Å². The van der Waals surface area contributed by atoms with Gasteiger partial charge in [0.15, 0.2) is 5.54 Å². The Morgan fingerprint density at radius 3 is 2.64 bits per heavy atom. The molecule has 2 aromatic rings. The third-order valence-electron chi connectivity index (χ3n) is 7.10. The fraction of sp³-hybridized carbons (Fsp3) is 0.583. The Morgan fingerprint density at radius 1 is 1.18 bits per heavy atom. The van der Waals surface area contributed by atoms with Crippen LogP contribution >= 0.6 is 11.3 Å². The highest BCUT2D eigenvalue weighted by Crippen LogP contribution is 2.35. The van der Waals surface area contributed by atoms with Gasteiger partial charge in [-0.1, -0.05) is 19.3 Å². The van der Waals surface area contributed by atoms with E-state index in [1.165, 1.54) is 30.6 Å². The summed E-state index contributed by atoms with van der Waals surface area (Å²) in [6.45, 7) is 3.13. The summed E-state index contributed by atoms with van der Waals surface area (Å²) in [5.41, 5.74) is -0.264. The number of nitrogens with zero attached hydrogens (tertiary/aromatic N) is 4. The van der Waals surface area contributed by atoms with E-state index in [2.05, 4.69) is 15.0 Å². The molecule has 5 rings (SSSR count). The number of likely N-dealkylation sites (tertiary alicyclic amines) is 1. The molecule has 1 saturated carbocycles. The molecule has 8 nitrogen and oxygen atoms in total. The molecule has 0 radical (unpaired) electrons. The van der Waals surface area contributed by atoms with Crippen LogP contribution in [0.15, 0.2) is 23.2 Å². The Morgan fingerprint density at radius 2 is 1.94 bits per heavy atom. The maximum atomic E-state index is 13.5. The zero-order valence-corrected chi connectivity index (χ0v) is 19.8. The topological polar surface area (TPSA) is 99.8 Å². The van der Waals surface area contributed by atoms with Crippen LogP contribution in [-0.4, -0.2) is 69.1 Å². The molecular formula is C24H31N5O3S. The highest BCUT2D eigenvalue weighted by Gasteiger charge is 2.42. The molecule has 176 valence electrons. The van der Waals surface area contributed by atoms with Crippen molar-refractivity contribution >= 4 is 39.6 Å². The number of hydrogen-bond acceptors (Lipinski definition) is 6. The zero-order chi connectivity index (χ0) is 23.0. The summed E-state index contributed by atoms with van der Waals surface area (Å²) >= 11 is 1.45. The summed E-state index contributed by atoms with van der Waals surface area (Å²) in [4.78, 5) is 34.5. The molecule has 0 aromatic carbocycles. The lowest BCUT2D eigenvalue weighted by molar-refractivity contribution is -0.137. The number of piperidine rings is 1. The first-order chi connectivity index (χ1) is 16.0.